The van der Waals surface area contributed by atoms with E-state index in [1.54, 1.807) is 22.3 Å². The number of rotatable bonds is 4. The summed E-state index contributed by atoms with van der Waals surface area (Å²) in [5.74, 6) is 0. The van der Waals surface area contributed by atoms with E-state index in [4.69, 9.17) is 9.84 Å². The number of aliphatic hydroxyl groups is 2. The van der Waals surface area contributed by atoms with Crippen LogP contribution in [0.5, 0.6) is 0 Å². The van der Waals surface area contributed by atoms with Crippen molar-refractivity contribution in [1.29, 1.82) is 0 Å². The van der Waals surface area contributed by atoms with Gasteiger partial charge in [-0.3, -0.25) is 14.3 Å². The Kier molecular flexibility index (Phi) is 5.51. The van der Waals surface area contributed by atoms with Crippen molar-refractivity contribution >= 4 is 28.7 Å². The number of ether oxygens (including phenoxy) is 1. The predicted molar refractivity (Wildman–Crippen MR) is 85.1 cm³/mol. The fourth-order valence-electron chi connectivity index (χ4n) is 2.09. The number of nitrogens with one attached hydrogen (secondary N) is 1. The molecule has 3 N–H and O–H groups in total. The SMILES string of the molecule is O=c1[nH]c(=O)n([C@@H]2CC(O)[C@H](CO)O2)cc1C=CC=CI. The number of hydrogen-bond donors (Lipinski definition) is 3. The first kappa shape index (κ1) is 16.1. The van der Waals surface area contributed by atoms with E-state index in [1.807, 2.05) is 22.6 Å². The molecule has 1 aliphatic heterocycles. The predicted octanol–water partition coefficient (Wildman–Crippen LogP) is 0.139. The summed E-state index contributed by atoms with van der Waals surface area (Å²) in [4.78, 5) is 25.8. The third-order valence-corrected chi connectivity index (χ3v) is 3.56. The van der Waals surface area contributed by atoms with Crippen LogP contribution >= 0.6 is 22.6 Å². The molecule has 1 aromatic rings. The van der Waals surface area contributed by atoms with Gasteiger partial charge in [-0.05, 0) is 10.2 Å². The van der Waals surface area contributed by atoms with Gasteiger partial charge in [0.15, 0.2) is 0 Å². The van der Waals surface area contributed by atoms with Gasteiger partial charge in [-0.1, -0.05) is 34.7 Å². The van der Waals surface area contributed by atoms with Crippen molar-refractivity contribution in [2.45, 2.75) is 24.9 Å². The molecule has 7 nitrogen and oxygen atoms in total. The molecule has 8 heteroatoms. The molecular weight excluding hydrogens is 391 g/mol. The number of aliphatic hydroxyl groups excluding tert-OH is 2. The molecule has 3 atom stereocenters. The van der Waals surface area contributed by atoms with Gasteiger partial charge in [0, 0.05) is 12.6 Å². The highest BCUT2D eigenvalue weighted by Gasteiger charge is 2.35. The third kappa shape index (κ3) is 3.70. The van der Waals surface area contributed by atoms with Crippen molar-refractivity contribution in [3.8, 4) is 0 Å². The van der Waals surface area contributed by atoms with Crippen LogP contribution in [-0.2, 0) is 4.74 Å². The maximum atomic E-state index is 11.9. The zero-order chi connectivity index (χ0) is 15.4. The Morgan fingerprint density at radius 3 is 2.86 bits per heavy atom. The fourth-order valence-corrected chi connectivity index (χ4v) is 2.32. The van der Waals surface area contributed by atoms with Crippen molar-refractivity contribution in [2.75, 3.05) is 6.61 Å². The third-order valence-electron chi connectivity index (χ3n) is 3.15. The van der Waals surface area contributed by atoms with Crippen LogP contribution in [0.3, 0.4) is 0 Å². The van der Waals surface area contributed by atoms with Crippen LogP contribution in [0, 0.1) is 0 Å². The number of nitrogens with zero attached hydrogens (tertiary/aromatic N) is 1. The summed E-state index contributed by atoms with van der Waals surface area (Å²) in [5.41, 5.74) is -0.807. The molecule has 0 amide bonds. The molecule has 2 rings (SSSR count). The Bertz CT molecular complexity index is 663. The van der Waals surface area contributed by atoms with Gasteiger partial charge < -0.3 is 14.9 Å². The van der Waals surface area contributed by atoms with Gasteiger partial charge in [0.2, 0.25) is 0 Å². The first-order valence-electron chi connectivity index (χ1n) is 6.30. The maximum absolute atomic E-state index is 11.9. The van der Waals surface area contributed by atoms with Gasteiger partial charge in [0.1, 0.15) is 12.3 Å². The molecule has 114 valence electrons. The zero-order valence-electron chi connectivity index (χ0n) is 11.0. The first-order chi connectivity index (χ1) is 10.1. The van der Waals surface area contributed by atoms with E-state index in [9.17, 15) is 14.7 Å². The van der Waals surface area contributed by atoms with Crippen molar-refractivity contribution < 1.29 is 14.9 Å². The van der Waals surface area contributed by atoms with E-state index in [-0.39, 0.29) is 13.0 Å². The number of allylic oxidation sites excluding steroid dienone is 2. The second-order valence-corrected chi connectivity index (χ2v) is 5.26. The average molecular weight is 406 g/mol. The molecule has 21 heavy (non-hydrogen) atoms. The summed E-state index contributed by atoms with van der Waals surface area (Å²) in [6, 6.07) is 0. The Hall–Kier alpha value is -1.23. The topological polar surface area (TPSA) is 105 Å². The van der Waals surface area contributed by atoms with Gasteiger partial charge in [0.25, 0.3) is 5.56 Å². The minimum atomic E-state index is -0.847. The number of aromatic nitrogens is 2. The summed E-state index contributed by atoms with van der Waals surface area (Å²) < 4.78 is 8.41. The van der Waals surface area contributed by atoms with Crippen molar-refractivity contribution in [3.63, 3.8) is 0 Å². The standard InChI is InChI=1S/C13H15IN2O5/c14-4-2-1-3-8-6-16(13(20)15-12(8)19)11-5-9(18)10(7-17)21-11/h1-4,6,9-11,17-18H,5,7H2,(H,15,19,20)/t9?,10-,11-/m0/s1. The van der Waals surface area contributed by atoms with Crippen LogP contribution in [0.25, 0.3) is 6.08 Å². The maximum Gasteiger partial charge on any atom is 0.330 e. The summed E-state index contributed by atoms with van der Waals surface area (Å²) in [5, 5.41) is 18.8. The van der Waals surface area contributed by atoms with Gasteiger partial charge in [-0.2, -0.15) is 0 Å². The van der Waals surface area contributed by atoms with E-state index >= 15 is 0 Å². The summed E-state index contributed by atoms with van der Waals surface area (Å²) >= 11 is 2.05. The highest BCUT2D eigenvalue weighted by molar-refractivity contribution is 14.1. The van der Waals surface area contributed by atoms with Crippen molar-refractivity contribution in [2.24, 2.45) is 0 Å². The monoisotopic (exact) mass is 406 g/mol. The molecule has 1 saturated heterocycles. The van der Waals surface area contributed by atoms with Crippen LogP contribution in [0.1, 0.15) is 18.2 Å². The molecule has 0 aromatic carbocycles. The van der Waals surface area contributed by atoms with Crippen LogP contribution in [-0.4, -0.2) is 38.6 Å². The van der Waals surface area contributed by atoms with Crippen LogP contribution in [0.15, 0.2) is 32.0 Å². The molecule has 0 aliphatic carbocycles. The largest absolute Gasteiger partial charge is 0.394 e. The second kappa shape index (κ2) is 7.16. The Labute approximate surface area is 133 Å². The molecular formula is C13H15IN2O5. The number of hydrogen-bond acceptors (Lipinski definition) is 5. The fraction of sp³-hybridized carbons (Fsp3) is 0.385. The highest BCUT2D eigenvalue weighted by Crippen LogP contribution is 2.27. The molecule has 1 fully saturated rings. The summed E-state index contributed by atoms with van der Waals surface area (Å²) in [7, 11) is 0. The van der Waals surface area contributed by atoms with Crippen LogP contribution in [0.2, 0.25) is 0 Å². The van der Waals surface area contributed by atoms with E-state index in [0.29, 0.717) is 5.56 Å². The van der Waals surface area contributed by atoms with Crippen molar-refractivity contribution in [1.82, 2.24) is 9.55 Å². The molecule has 0 radical (unpaired) electrons. The number of halogens is 1. The van der Waals surface area contributed by atoms with E-state index in [0.717, 1.165) is 0 Å². The Balaban J connectivity index is 2.34. The number of H-pyrrole nitrogens is 1. The molecule has 1 aromatic heterocycles. The average Bonchev–Trinajstić information content (AvgIpc) is 2.82. The minimum Gasteiger partial charge on any atom is -0.394 e. The normalized spacial score (nSPS) is 26.1. The van der Waals surface area contributed by atoms with Crippen molar-refractivity contribution in [3.05, 3.63) is 48.8 Å². The first-order valence-corrected chi connectivity index (χ1v) is 7.54. The molecule has 0 saturated carbocycles. The van der Waals surface area contributed by atoms with Crippen LogP contribution in [0.4, 0.5) is 0 Å². The molecule has 0 spiro atoms. The highest BCUT2D eigenvalue weighted by atomic mass is 127. The van der Waals surface area contributed by atoms with E-state index in [1.165, 1.54) is 10.8 Å². The second-order valence-electron chi connectivity index (χ2n) is 4.54. The summed E-state index contributed by atoms with van der Waals surface area (Å²) in [6.07, 6.45) is 4.26. The molecule has 0 bridgehead atoms. The summed E-state index contributed by atoms with van der Waals surface area (Å²) in [6.45, 7) is -0.330. The van der Waals surface area contributed by atoms with Gasteiger partial charge in [-0.25, -0.2) is 4.79 Å². The van der Waals surface area contributed by atoms with Gasteiger partial charge in [-0.15, -0.1) is 0 Å². The Morgan fingerprint density at radius 2 is 2.24 bits per heavy atom. The molecule has 1 aliphatic rings. The number of aromatic amines is 1. The lowest BCUT2D eigenvalue weighted by atomic mass is 10.2. The van der Waals surface area contributed by atoms with E-state index < -0.39 is 29.7 Å². The van der Waals surface area contributed by atoms with Gasteiger partial charge >= 0.3 is 5.69 Å². The van der Waals surface area contributed by atoms with E-state index in [2.05, 4.69) is 4.98 Å². The lowest BCUT2D eigenvalue weighted by Gasteiger charge is -2.14. The van der Waals surface area contributed by atoms with Gasteiger partial charge in [0.05, 0.1) is 18.3 Å². The molecule has 1 unspecified atom stereocenters. The molecule has 2 heterocycles. The quantitative estimate of drug-likeness (QED) is 0.488. The lowest BCUT2D eigenvalue weighted by molar-refractivity contribution is -0.0459. The minimum absolute atomic E-state index is 0.175. The van der Waals surface area contributed by atoms with Crippen LogP contribution < -0.4 is 11.2 Å². The zero-order valence-corrected chi connectivity index (χ0v) is 13.1. The Morgan fingerprint density at radius 1 is 1.48 bits per heavy atom. The lowest BCUT2D eigenvalue weighted by Crippen LogP contribution is -2.33. The smallest absolute Gasteiger partial charge is 0.330 e.